The van der Waals surface area contributed by atoms with E-state index in [0.29, 0.717) is 53.2 Å². The molecule has 6 aromatic carbocycles. The van der Waals surface area contributed by atoms with Crippen LogP contribution in [0, 0.1) is 40.3 Å². The van der Waals surface area contributed by atoms with Crippen LogP contribution in [-0.2, 0) is 38.0 Å². The van der Waals surface area contributed by atoms with Gasteiger partial charge in [0.25, 0.3) is 53.2 Å². The highest BCUT2D eigenvalue weighted by atomic mass is 35.5. The van der Waals surface area contributed by atoms with Crippen LogP contribution in [0.5, 0.6) is 5.75 Å². The zero-order valence-electron chi connectivity index (χ0n) is 72.2. The van der Waals surface area contributed by atoms with Crippen molar-refractivity contribution in [2.45, 2.75) is 114 Å². The number of carbonyl (C=O) groups excluding carboxylic acids is 9. The lowest BCUT2D eigenvalue weighted by Crippen LogP contribution is -2.29. The molecule has 11 N–H and O–H groups in total. The third kappa shape index (κ3) is 27.4. The lowest BCUT2D eigenvalue weighted by Gasteiger charge is -2.18. The number of rotatable bonds is 26. The number of hydrogen-bond acceptors (Lipinski definition) is 28. The van der Waals surface area contributed by atoms with Crippen LogP contribution in [0.2, 0.25) is 5.02 Å². The Bertz CT molecular complexity index is 6890. The summed E-state index contributed by atoms with van der Waals surface area (Å²) in [5, 5.41) is 25.1. The maximum Gasteiger partial charge on any atom is 0.419 e. The summed E-state index contributed by atoms with van der Waals surface area (Å²) in [6.45, 7) is 13.9. The number of nitrogens with one attached hydrogen (secondary N) is 11. The van der Waals surface area contributed by atoms with Gasteiger partial charge in [-0.3, -0.25) is 56.5 Å². The van der Waals surface area contributed by atoms with Gasteiger partial charge in [0.2, 0.25) is 0 Å². The molecule has 10 heterocycles. The summed E-state index contributed by atoms with van der Waals surface area (Å²) in [4.78, 5) is 169. The predicted octanol–water partition coefficient (Wildman–Crippen LogP) is 16.0. The monoisotopic (exact) mass is 1970 g/mol. The van der Waals surface area contributed by atoms with Crippen LogP contribution in [0.1, 0.15) is 209 Å². The van der Waals surface area contributed by atoms with E-state index in [9.17, 15) is 56.7 Å². The van der Waals surface area contributed by atoms with Crippen LogP contribution in [0.4, 0.5) is 14.5 Å². The summed E-state index contributed by atoms with van der Waals surface area (Å²) in [7, 11) is 1.62. The quantitative estimate of drug-likeness (QED) is 0.0224. The van der Waals surface area contributed by atoms with Gasteiger partial charge in [-0.25, -0.2) is 63.4 Å². The standard InChI is InChI=1S/C24H21FN6O2S2.C23H18ClFN6O2S2.2C22H21N5O4S.2CH4/c1-13-9-15(3-8-18(13)25)11-26-22(32)19-10-20(28-12-27-19)23(33)29-14(2)16-4-6-17(7-5-16)21-30-24(34)35-31-21;1-12(14-3-5-15(6-4-14)20-30-23(34)35-31-20)29-22(33)19-9-18(27-11-28-19)21(32)26-10-13-2-7-17(25)16(24)8-13;1-12-4-7-19(32-12)13(2)26-21(29)16-9-15(24-11-25-16)20(28)23-10-14-5-6-18-17(8-14)27(3)22(30)31-18;1-12-3-6-19(32-12)13(2)26-22(30)17-8-16(24-11-25-17)21(29)23-9-14-4-5-18-15(7-14)27-20(28)10-31-18;;/h3-10,12,14H,11H2,1-2H3,(H,26,32)(H,29,33)(H,30,31,34);2-9,11-12H,10H2,1H3,(H,26,32)(H,29,33)(H,30,31,34);4-9,11,13H,10H2,1-3H3,(H,23,28)(H,26,29);3-8,11,13H,9-10H2,1-2H3,(H,23,29)(H,26,30)(H,27,28);2*1H4/t14-;12-;2*13-;;/m0000../s1. The first-order chi connectivity index (χ1) is 64.3. The van der Waals surface area contributed by atoms with E-state index >= 15 is 0 Å². The van der Waals surface area contributed by atoms with Crippen molar-refractivity contribution < 1.29 is 61.1 Å². The van der Waals surface area contributed by atoms with Crippen LogP contribution in [0.25, 0.3) is 33.9 Å². The highest BCUT2D eigenvalue weighted by Crippen LogP contribution is 2.31. The molecule has 4 atom stereocenters. The number of thiophene rings is 2. The number of halogens is 3. The molecule has 0 bridgehead atoms. The number of oxazole rings is 1. The Morgan fingerprint density at radius 1 is 0.449 bits per heavy atom. The normalized spacial score (nSPS) is 11.9. The molecule has 43 heteroatoms. The number of nitrogens with zero attached hydrogens (tertiary/aromatic N) is 11. The highest BCUT2D eigenvalue weighted by Gasteiger charge is 2.25. The topological polar surface area (TPSA) is 467 Å². The van der Waals surface area contributed by atoms with Crippen molar-refractivity contribution in [3.63, 3.8) is 0 Å². The minimum Gasteiger partial charge on any atom is -0.482 e. The van der Waals surface area contributed by atoms with E-state index < -0.39 is 47.0 Å². The lowest BCUT2D eigenvalue weighted by atomic mass is 10.1. The highest BCUT2D eigenvalue weighted by molar-refractivity contribution is 7.73. The first-order valence-corrected chi connectivity index (χ1v) is 45.2. The van der Waals surface area contributed by atoms with Gasteiger partial charge in [0.15, 0.2) is 20.1 Å². The van der Waals surface area contributed by atoms with Crippen molar-refractivity contribution in [3.05, 3.63) is 334 Å². The summed E-state index contributed by atoms with van der Waals surface area (Å²) in [5.74, 6) is -3.06. The zero-order chi connectivity index (χ0) is 95.4. The van der Waals surface area contributed by atoms with Crippen molar-refractivity contribution in [2.75, 3.05) is 11.9 Å². The van der Waals surface area contributed by atoms with Crippen molar-refractivity contribution >= 4 is 152 Å². The smallest absolute Gasteiger partial charge is 0.419 e. The molecule has 0 unspecified atom stereocenters. The minimum atomic E-state index is -0.539. The number of fused-ring (bicyclic) bond motifs is 2. The molecule has 0 radical (unpaired) electrons. The molecule has 1 aliphatic rings. The van der Waals surface area contributed by atoms with E-state index in [2.05, 4.69) is 106 Å². The van der Waals surface area contributed by atoms with Gasteiger partial charge in [0.05, 0.1) is 40.4 Å². The van der Waals surface area contributed by atoms with Crippen LogP contribution >= 0.6 is 81.8 Å². The first kappa shape index (κ1) is 102. The van der Waals surface area contributed by atoms with Crippen LogP contribution in [0.3, 0.4) is 0 Å². The van der Waals surface area contributed by atoms with E-state index in [1.165, 1.54) is 95.1 Å². The number of aromatic amines is 2. The third-order valence-electron chi connectivity index (χ3n) is 20.1. The van der Waals surface area contributed by atoms with E-state index in [0.717, 1.165) is 64.8 Å². The number of hydrogen-bond donors (Lipinski definition) is 11. The largest absolute Gasteiger partial charge is 0.482 e. The fourth-order valence-corrected chi connectivity index (χ4v) is 16.2. The number of aromatic nitrogens is 13. The van der Waals surface area contributed by atoms with Gasteiger partial charge in [-0.1, -0.05) is 105 Å². The Hall–Kier alpha value is -15.0. The number of ether oxygens (including phenoxy) is 1. The first-order valence-electron chi connectivity index (χ1n) is 40.7. The van der Waals surface area contributed by atoms with Gasteiger partial charge in [-0.15, -0.1) is 22.7 Å². The number of carbonyl (C=O) groups is 9. The van der Waals surface area contributed by atoms with Gasteiger partial charge in [-0.05, 0) is 202 Å². The van der Waals surface area contributed by atoms with Gasteiger partial charge < -0.3 is 57.0 Å². The predicted molar refractivity (Wildman–Crippen MR) is 518 cm³/mol. The summed E-state index contributed by atoms with van der Waals surface area (Å²) >= 11 is 21.6. The summed E-state index contributed by atoms with van der Waals surface area (Å²) in [5.41, 5.74) is 9.22. The second-order valence-electron chi connectivity index (χ2n) is 29.9. The molecular formula is C93H89ClF2N22O12S6. The fraction of sp³-hybridized carbons (Fsp3) is 0.204. The zero-order valence-corrected chi connectivity index (χ0v) is 77.9. The van der Waals surface area contributed by atoms with Crippen molar-refractivity contribution in [1.29, 1.82) is 0 Å². The van der Waals surface area contributed by atoms with Crippen LogP contribution in [-0.4, -0.2) is 123 Å². The summed E-state index contributed by atoms with van der Waals surface area (Å²) in [6, 6.07) is 46.7. The number of benzene rings is 6. The third-order valence-corrected chi connectivity index (χ3v) is 24.6. The number of H-pyrrole nitrogens is 2. The van der Waals surface area contributed by atoms with Crippen molar-refractivity contribution in [1.82, 2.24) is 106 Å². The maximum atomic E-state index is 13.4. The second kappa shape index (κ2) is 47.1. The van der Waals surface area contributed by atoms with E-state index in [1.807, 2.05) is 114 Å². The SMILES string of the molecule is C.C.C[C@H](NC(=O)c1cc(C(=O)NCc2ccc(F)c(Cl)c2)ncn1)c1ccc(-c2nc(=S)s[nH]2)cc1.Cc1cc(CNC(=O)c2cc(C(=O)N[C@@H](C)c3ccc(-c4nc(=S)s[nH]4)cc3)ncn2)ccc1F.Cc1ccc([C@H](C)NC(=O)c2cc(C(=O)NCc3ccc4c(c3)NC(=O)CO4)ncn2)s1.Cc1ccc([C@H](C)NC(=O)c2cc(C(=O)NCc3ccc4oc(=O)n(C)c4c3)ncn2)s1. The molecule has 136 heavy (non-hydrogen) atoms. The van der Waals surface area contributed by atoms with Crippen LogP contribution < -0.4 is 58.3 Å². The molecule has 0 aliphatic carbocycles. The van der Waals surface area contributed by atoms with Gasteiger partial charge >= 0.3 is 5.76 Å². The average molecular weight is 1970 g/mol. The lowest BCUT2D eigenvalue weighted by molar-refractivity contribution is -0.118. The van der Waals surface area contributed by atoms with Gasteiger partial charge in [-0.2, -0.15) is 0 Å². The molecule has 0 saturated heterocycles. The Morgan fingerprint density at radius 2 is 0.809 bits per heavy atom. The van der Waals surface area contributed by atoms with Crippen LogP contribution in [0.15, 0.2) is 204 Å². The number of aryl methyl sites for hydroxylation is 4. The Labute approximate surface area is 808 Å². The Morgan fingerprint density at radius 3 is 1.18 bits per heavy atom. The summed E-state index contributed by atoms with van der Waals surface area (Å²) in [6.07, 6.45) is 4.70. The molecule has 1 aliphatic heterocycles. The molecule has 700 valence electrons. The van der Waals surface area contributed by atoms with Crippen molar-refractivity contribution in [3.8, 4) is 28.5 Å². The molecule has 15 aromatic rings. The van der Waals surface area contributed by atoms with Gasteiger partial charge in [0, 0.05) is 88.1 Å². The number of anilines is 1. The molecular weight excluding hydrogens is 1880 g/mol. The minimum absolute atomic E-state index is 0. The molecule has 34 nitrogen and oxygen atoms in total. The molecule has 0 saturated carbocycles. The molecule has 16 rings (SSSR count). The maximum absolute atomic E-state index is 13.4. The number of amides is 9. The fourth-order valence-electron chi connectivity index (χ4n) is 12.8. The molecule has 9 aromatic heterocycles. The van der Waals surface area contributed by atoms with Gasteiger partial charge in [0.1, 0.15) is 99.9 Å². The molecule has 0 fully saturated rings. The van der Waals surface area contributed by atoms with E-state index in [1.54, 1.807) is 85.2 Å². The second-order valence-corrected chi connectivity index (χ2v) is 35.8. The molecule has 9 amide bonds. The summed E-state index contributed by atoms with van der Waals surface area (Å²) < 4.78 is 45.7. The average Bonchev–Trinajstić information content (AvgIpc) is 1.64. The van der Waals surface area contributed by atoms with Crippen molar-refractivity contribution in [2.24, 2.45) is 7.05 Å². The Kier molecular flexibility index (Phi) is 35.2. The van der Waals surface area contributed by atoms with E-state index in [4.69, 9.17) is 45.2 Å². The van der Waals surface area contributed by atoms with E-state index in [-0.39, 0.29) is 146 Å². The Balaban J connectivity index is 0.000000173. The molecule has 0 spiro atoms.